The van der Waals surface area contributed by atoms with Crippen molar-refractivity contribution in [3.8, 4) is 0 Å². The van der Waals surface area contributed by atoms with Crippen molar-refractivity contribution in [2.45, 2.75) is 19.3 Å². The summed E-state index contributed by atoms with van der Waals surface area (Å²) in [5, 5.41) is 11.7. The molecule has 0 heterocycles. The number of amides is 2. The SMILES string of the molecule is [2H]C(N)C(=O)NC(C)C(=O)NC(F)C(=O)O. The van der Waals surface area contributed by atoms with Crippen LogP contribution in [0.25, 0.3) is 0 Å². The number of hydrogen-bond acceptors (Lipinski definition) is 4. The van der Waals surface area contributed by atoms with E-state index in [1.165, 1.54) is 12.2 Å². The van der Waals surface area contributed by atoms with Gasteiger partial charge in [0.25, 0.3) is 6.30 Å². The molecule has 2 amide bonds. The second kappa shape index (κ2) is 5.91. The quantitative estimate of drug-likeness (QED) is 0.399. The van der Waals surface area contributed by atoms with Crippen LogP contribution in [-0.4, -0.2) is 41.7 Å². The number of carboxylic acids is 1. The molecule has 7 nitrogen and oxygen atoms in total. The highest BCUT2D eigenvalue weighted by Crippen LogP contribution is 1.88. The van der Waals surface area contributed by atoms with E-state index < -0.39 is 36.6 Å². The lowest BCUT2D eigenvalue weighted by Crippen LogP contribution is -2.50. The summed E-state index contributed by atoms with van der Waals surface area (Å²) < 4.78 is 19.3. The molecule has 0 bridgehead atoms. The topological polar surface area (TPSA) is 122 Å². The van der Waals surface area contributed by atoms with Gasteiger partial charge in [-0.15, -0.1) is 0 Å². The smallest absolute Gasteiger partial charge is 0.359 e. The molecule has 3 atom stereocenters. The van der Waals surface area contributed by atoms with Crippen molar-refractivity contribution in [1.29, 1.82) is 0 Å². The number of nitrogens with one attached hydrogen (secondary N) is 2. The molecule has 86 valence electrons. The summed E-state index contributed by atoms with van der Waals surface area (Å²) >= 11 is 0. The lowest BCUT2D eigenvalue weighted by molar-refractivity contribution is -0.147. The third kappa shape index (κ3) is 4.91. The molecule has 0 rings (SSSR count). The van der Waals surface area contributed by atoms with E-state index in [9.17, 15) is 18.8 Å². The van der Waals surface area contributed by atoms with Crippen LogP contribution >= 0.6 is 0 Å². The van der Waals surface area contributed by atoms with Crippen molar-refractivity contribution in [3.05, 3.63) is 0 Å². The van der Waals surface area contributed by atoms with Crippen LogP contribution < -0.4 is 16.4 Å². The highest BCUT2D eigenvalue weighted by molar-refractivity contribution is 5.89. The van der Waals surface area contributed by atoms with Gasteiger partial charge in [-0.25, -0.2) is 9.18 Å². The molecule has 0 saturated carbocycles. The maximum atomic E-state index is 12.5. The minimum absolute atomic E-state index is 0.923. The second-order valence-corrected chi connectivity index (χ2v) is 2.61. The number of alkyl halides is 1. The summed E-state index contributed by atoms with van der Waals surface area (Å²) in [5.41, 5.74) is 4.89. The normalized spacial score (nSPS) is 16.9. The maximum absolute atomic E-state index is 12.5. The Kier molecular flexibility index (Phi) is 4.48. The van der Waals surface area contributed by atoms with E-state index in [1.807, 2.05) is 5.32 Å². The highest BCUT2D eigenvalue weighted by atomic mass is 19.1. The first-order valence-electron chi connectivity index (χ1n) is 4.49. The predicted octanol–water partition coefficient (Wildman–Crippen LogP) is -2.05. The number of halogens is 1. The first-order chi connectivity index (χ1) is 7.25. The molecule has 15 heavy (non-hydrogen) atoms. The monoisotopic (exact) mass is 222 g/mol. The molecule has 0 saturated heterocycles. The lowest BCUT2D eigenvalue weighted by Gasteiger charge is -2.13. The number of rotatable bonds is 5. The minimum atomic E-state index is -2.54. The third-order valence-electron chi connectivity index (χ3n) is 1.39. The summed E-state index contributed by atoms with van der Waals surface area (Å²) in [7, 11) is 0. The minimum Gasteiger partial charge on any atom is -0.478 e. The summed E-state index contributed by atoms with van der Waals surface area (Å²) in [6, 6.07) is -1.18. The molecular formula is C7H12FN3O4. The summed E-state index contributed by atoms with van der Waals surface area (Å²) in [4.78, 5) is 32.0. The first kappa shape index (κ1) is 11.4. The van der Waals surface area contributed by atoms with E-state index in [-0.39, 0.29) is 0 Å². The van der Waals surface area contributed by atoms with Crippen LogP contribution in [0.3, 0.4) is 0 Å². The van der Waals surface area contributed by atoms with Gasteiger partial charge in [-0.2, -0.15) is 0 Å². The Morgan fingerprint density at radius 3 is 2.47 bits per heavy atom. The van der Waals surface area contributed by atoms with Crippen molar-refractivity contribution in [3.63, 3.8) is 0 Å². The van der Waals surface area contributed by atoms with Crippen LogP contribution in [0.2, 0.25) is 0 Å². The van der Waals surface area contributed by atoms with E-state index >= 15 is 0 Å². The zero-order chi connectivity index (χ0) is 12.9. The van der Waals surface area contributed by atoms with Gasteiger partial charge in [0.1, 0.15) is 6.04 Å². The summed E-state index contributed by atoms with van der Waals surface area (Å²) in [5.74, 6) is -3.79. The van der Waals surface area contributed by atoms with Crippen LogP contribution in [0.4, 0.5) is 4.39 Å². The zero-order valence-electron chi connectivity index (χ0n) is 8.86. The predicted molar refractivity (Wildman–Crippen MR) is 47.3 cm³/mol. The lowest BCUT2D eigenvalue weighted by atomic mass is 10.3. The number of aliphatic carboxylic acids is 1. The number of carbonyl (C=O) groups is 3. The van der Waals surface area contributed by atoms with Gasteiger partial charge in [-0.3, -0.25) is 9.59 Å². The van der Waals surface area contributed by atoms with Gasteiger partial charge >= 0.3 is 5.97 Å². The van der Waals surface area contributed by atoms with E-state index in [0.717, 1.165) is 0 Å². The van der Waals surface area contributed by atoms with Crippen molar-refractivity contribution in [1.82, 2.24) is 10.6 Å². The van der Waals surface area contributed by atoms with Gasteiger partial charge in [-0.05, 0) is 6.92 Å². The number of carboxylic acid groups (broad SMARTS) is 1. The van der Waals surface area contributed by atoms with Crippen molar-refractivity contribution in [2.75, 3.05) is 6.52 Å². The van der Waals surface area contributed by atoms with E-state index in [2.05, 4.69) is 0 Å². The average Bonchev–Trinajstić information content (AvgIpc) is 2.16. The molecule has 5 N–H and O–H groups in total. The molecule has 0 aliphatic carbocycles. The Morgan fingerprint density at radius 1 is 1.53 bits per heavy atom. The Hall–Kier alpha value is -1.70. The zero-order valence-corrected chi connectivity index (χ0v) is 7.86. The van der Waals surface area contributed by atoms with Gasteiger partial charge in [0.05, 0.1) is 7.89 Å². The molecular weight excluding hydrogens is 209 g/mol. The number of nitrogens with two attached hydrogens (primary N) is 1. The van der Waals surface area contributed by atoms with E-state index in [0.29, 0.717) is 0 Å². The van der Waals surface area contributed by atoms with Gasteiger partial charge in [0, 0.05) is 0 Å². The third-order valence-corrected chi connectivity index (χ3v) is 1.39. The maximum Gasteiger partial charge on any atom is 0.359 e. The standard InChI is InChI=1S/C7H12FN3O4/c1-3(10-4(12)2-9)6(13)11-5(8)7(14)15/h3,5H,2,9H2,1H3,(H,10,12)(H,11,13)(H,14,15)/i2D. The van der Waals surface area contributed by atoms with Crippen LogP contribution in [0.15, 0.2) is 0 Å². The largest absolute Gasteiger partial charge is 0.478 e. The molecule has 0 radical (unpaired) electrons. The fourth-order valence-corrected chi connectivity index (χ4v) is 0.639. The number of hydrogen-bond donors (Lipinski definition) is 4. The molecule has 0 aromatic rings. The fraction of sp³-hybridized carbons (Fsp3) is 0.571. The Bertz CT molecular complexity index is 299. The van der Waals surface area contributed by atoms with E-state index in [1.54, 1.807) is 0 Å². The molecule has 0 aromatic carbocycles. The van der Waals surface area contributed by atoms with Crippen LogP contribution in [0.1, 0.15) is 8.29 Å². The summed E-state index contributed by atoms with van der Waals surface area (Å²) in [6.45, 7) is -0.361. The molecule has 0 aliphatic rings. The average molecular weight is 222 g/mol. The van der Waals surface area contributed by atoms with Gasteiger partial charge in [-0.1, -0.05) is 0 Å². The Morgan fingerprint density at radius 2 is 2.07 bits per heavy atom. The summed E-state index contributed by atoms with van der Waals surface area (Å²) in [6.07, 6.45) is -2.54. The highest BCUT2D eigenvalue weighted by Gasteiger charge is 2.22. The second-order valence-electron chi connectivity index (χ2n) is 2.61. The fourth-order valence-electron chi connectivity index (χ4n) is 0.639. The van der Waals surface area contributed by atoms with Crippen molar-refractivity contribution < 1.29 is 25.3 Å². The Labute approximate surface area is 86.2 Å². The van der Waals surface area contributed by atoms with Gasteiger partial charge in [0.2, 0.25) is 11.8 Å². The van der Waals surface area contributed by atoms with Crippen molar-refractivity contribution in [2.24, 2.45) is 5.73 Å². The number of carbonyl (C=O) groups excluding carboxylic acids is 2. The van der Waals surface area contributed by atoms with Gasteiger partial charge in [0.15, 0.2) is 0 Å². The molecule has 0 spiro atoms. The van der Waals surface area contributed by atoms with Crippen LogP contribution in [-0.2, 0) is 14.4 Å². The molecule has 0 fully saturated rings. The molecule has 0 aromatic heterocycles. The van der Waals surface area contributed by atoms with Gasteiger partial charge < -0.3 is 21.5 Å². The Balaban J connectivity index is 4.19. The van der Waals surface area contributed by atoms with Crippen LogP contribution in [0.5, 0.6) is 0 Å². The van der Waals surface area contributed by atoms with Crippen molar-refractivity contribution >= 4 is 17.8 Å². The van der Waals surface area contributed by atoms with Crippen LogP contribution in [0, 0.1) is 0 Å². The van der Waals surface area contributed by atoms with E-state index in [4.69, 9.17) is 12.2 Å². The molecule has 8 heteroatoms. The molecule has 3 unspecified atom stereocenters. The first-order valence-corrected chi connectivity index (χ1v) is 3.91. The molecule has 0 aliphatic heterocycles.